The van der Waals surface area contributed by atoms with Crippen molar-refractivity contribution >= 4 is 5.91 Å². The molecule has 0 aromatic carbocycles. The molecule has 2 unspecified atom stereocenters. The molecule has 3 nitrogen and oxygen atoms in total. The number of rotatable bonds is 5. The summed E-state index contributed by atoms with van der Waals surface area (Å²) >= 11 is 0. The first-order valence-electron chi connectivity index (χ1n) is 6.17. The van der Waals surface area contributed by atoms with Gasteiger partial charge in [0.25, 0.3) is 0 Å². The van der Waals surface area contributed by atoms with Crippen molar-refractivity contribution in [3.63, 3.8) is 0 Å². The molecule has 88 valence electrons. The maximum Gasteiger partial charge on any atom is 0.225 e. The zero-order chi connectivity index (χ0) is 11.3. The van der Waals surface area contributed by atoms with Crippen molar-refractivity contribution in [3.8, 4) is 0 Å². The summed E-state index contributed by atoms with van der Waals surface area (Å²) in [7, 11) is 0. The molecule has 0 bridgehead atoms. The summed E-state index contributed by atoms with van der Waals surface area (Å²) in [4.78, 5) is 14.0. The Morgan fingerprint density at radius 2 is 2.33 bits per heavy atom. The van der Waals surface area contributed by atoms with E-state index in [0.717, 1.165) is 25.4 Å². The largest absolute Gasteiger partial charge is 0.342 e. The van der Waals surface area contributed by atoms with Crippen LogP contribution in [0.2, 0.25) is 0 Å². The molecule has 2 atom stereocenters. The van der Waals surface area contributed by atoms with E-state index in [1.54, 1.807) is 0 Å². The number of nitrogens with zero attached hydrogens (tertiary/aromatic N) is 1. The molecule has 0 radical (unpaired) electrons. The molecule has 1 saturated heterocycles. The predicted molar refractivity (Wildman–Crippen MR) is 62.4 cm³/mol. The van der Waals surface area contributed by atoms with E-state index in [0.29, 0.717) is 12.5 Å². The third-order valence-corrected chi connectivity index (χ3v) is 3.32. The topological polar surface area (TPSA) is 46.3 Å². The van der Waals surface area contributed by atoms with Crippen molar-refractivity contribution in [1.29, 1.82) is 0 Å². The fraction of sp³-hybridized carbons (Fsp3) is 0.917. The number of carbonyl (C=O) groups is 1. The first kappa shape index (κ1) is 12.5. The number of hydrogen-bond acceptors (Lipinski definition) is 2. The van der Waals surface area contributed by atoms with E-state index in [1.165, 1.54) is 19.3 Å². The molecule has 0 aromatic heterocycles. The summed E-state index contributed by atoms with van der Waals surface area (Å²) < 4.78 is 0. The molecule has 0 aromatic rings. The van der Waals surface area contributed by atoms with Crippen LogP contribution in [0, 0.1) is 11.8 Å². The third kappa shape index (κ3) is 3.49. The summed E-state index contributed by atoms with van der Waals surface area (Å²) in [5, 5.41) is 0. The highest BCUT2D eigenvalue weighted by Crippen LogP contribution is 2.22. The van der Waals surface area contributed by atoms with Crippen molar-refractivity contribution < 1.29 is 4.79 Å². The molecular weight excluding hydrogens is 188 g/mol. The summed E-state index contributed by atoms with van der Waals surface area (Å²) in [6, 6.07) is 0. The van der Waals surface area contributed by atoms with Crippen molar-refractivity contribution in [2.45, 2.75) is 39.5 Å². The quantitative estimate of drug-likeness (QED) is 0.752. The Labute approximate surface area is 93.0 Å². The number of nitrogens with two attached hydrogens (primary N) is 1. The van der Waals surface area contributed by atoms with Gasteiger partial charge in [0.2, 0.25) is 5.91 Å². The lowest BCUT2D eigenvalue weighted by molar-refractivity contribution is -0.134. The number of likely N-dealkylation sites (tertiary alicyclic amines) is 1. The molecule has 1 aliphatic rings. The SMILES string of the molecule is CCCC1CCN(C(=O)C(C)CCN)C1. The third-order valence-electron chi connectivity index (χ3n) is 3.32. The number of amides is 1. The van der Waals surface area contributed by atoms with Gasteiger partial charge >= 0.3 is 0 Å². The first-order valence-corrected chi connectivity index (χ1v) is 6.17. The summed E-state index contributed by atoms with van der Waals surface area (Å²) in [5.74, 6) is 1.15. The molecule has 1 aliphatic heterocycles. The molecule has 0 spiro atoms. The lowest BCUT2D eigenvalue weighted by Gasteiger charge is -2.20. The average Bonchev–Trinajstić information content (AvgIpc) is 2.66. The minimum absolute atomic E-state index is 0.107. The Bertz CT molecular complexity index is 206. The maximum absolute atomic E-state index is 12.0. The molecular formula is C12H24N2O. The molecule has 1 amide bonds. The highest BCUT2D eigenvalue weighted by atomic mass is 16.2. The van der Waals surface area contributed by atoms with E-state index < -0.39 is 0 Å². The summed E-state index contributed by atoms with van der Waals surface area (Å²) in [6.45, 7) is 6.74. The van der Waals surface area contributed by atoms with Crippen LogP contribution in [0.15, 0.2) is 0 Å². The van der Waals surface area contributed by atoms with Crippen LogP contribution < -0.4 is 5.73 Å². The summed E-state index contributed by atoms with van der Waals surface area (Å²) in [5.41, 5.74) is 5.47. The molecule has 0 aliphatic carbocycles. The monoisotopic (exact) mass is 212 g/mol. The Morgan fingerprint density at radius 1 is 1.60 bits per heavy atom. The van der Waals surface area contributed by atoms with Gasteiger partial charge in [0.15, 0.2) is 0 Å². The molecule has 1 rings (SSSR count). The van der Waals surface area contributed by atoms with Crippen LogP contribution in [0.4, 0.5) is 0 Å². The Hall–Kier alpha value is -0.570. The zero-order valence-electron chi connectivity index (χ0n) is 10.0. The molecule has 1 heterocycles. The zero-order valence-corrected chi connectivity index (χ0v) is 10.0. The van der Waals surface area contributed by atoms with Gasteiger partial charge in [0, 0.05) is 19.0 Å². The second-order valence-corrected chi connectivity index (χ2v) is 4.71. The van der Waals surface area contributed by atoms with Crippen LogP contribution in [-0.2, 0) is 4.79 Å². The standard InChI is InChI=1S/C12H24N2O/c1-3-4-11-6-8-14(9-11)12(15)10(2)5-7-13/h10-11H,3-9,13H2,1-2H3. The van der Waals surface area contributed by atoms with Crippen molar-refractivity contribution in [2.75, 3.05) is 19.6 Å². The van der Waals surface area contributed by atoms with Gasteiger partial charge in [-0.3, -0.25) is 4.79 Å². The van der Waals surface area contributed by atoms with Crippen LogP contribution in [0.1, 0.15) is 39.5 Å². The Kier molecular flexibility index (Phi) is 5.09. The Morgan fingerprint density at radius 3 is 2.93 bits per heavy atom. The van der Waals surface area contributed by atoms with Crippen LogP contribution in [0.25, 0.3) is 0 Å². The minimum Gasteiger partial charge on any atom is -0.342 e. The van der Waals surface area contributed by atoms with Crippen LogP contribution in [-0.4, -0.2) is 30.4 Å². The van der Waals surface area contributed by atoms with E-state index in [9.17, 15) is 4.79 Å². The second-order valence-electron chi connectivity index (χ2n) is 4.71. The molecule has 1 fully saturated rings. The fourth-order valence-corrected chi connectivity index (χ4v) is 2.36. The molecule has 3 heteroatoms. The summed E-state index contributed by atoms with van der Waals surface area (Å²) in [6.07, 6.45) is 4.49. The lowest BCUT2D eigenvalue weighted by Crippen LogP contribution is -2.34. The van der Waals surface area contributed by atoms with Gasteiger partial charge in [-0.1, -0.05) is 20.3 Å². The second kappa shape index (κ2) is 6.11. The van der Waals surface area contributed by atoms with Gasteiger partial charge in [-0.15, -0.1) is 0 Å². The Balaban J connectivity index is 2.35. The van der Waals surface area contributed by atoms with Gasteiger partial charge in [-0.2, -0.15) is 0 Å². The smallest absolute Gasteiger partial charge is 0.225 e. The number of hydrogen-bond donors (Lipinski definition) is 1. The normalized spacial score (nSPS) is 23.1. The van der Waals surface area contributed by atoms with Crippen LogP contribution in [0.3, 0.4) is 0 Å². The van der Waals surface area contributed by atoms with E-state index in [4.69, 9.17) is 5.73 Å². The maximum atomic E-state index is 12.0. The van der Waals surface area contributed by atoms with Gasteiger partial charge in [-0.05, 0) is 31.7 Å². The van der Waals surface area contributed by atoms with Crippen molar-refractivity contribution in [1.82, 2.24) is 4.90 Å². The van der Waals surface area contributed by atoms with E-state index in [-0.39, 0.29) is 5.92 Å². The van der Waals surface area contributed by atoms with E-state index >= 15 is 0 Å². The molecule has 0 saturated carbocycles. The average molecular weight is 212 g/mol. The highest BCUT2D eigenvalue weighted by Gasteiger charge is 2.27. The van der Waals surface area contributed by atoms with Crippen LogP contribution >= 0.6 is 0 Å². The predicted octanol–water partition coefficient (Wildman–Crippen LogP) is 1.62. The van der Waals surface area contributed by atoms with E-state index in [1.807, 2.05) is 11.8 Å². The van der Waals surface area contributed by atoms with Gasteiger partial charge in [0.1, 0.15) is 0 Å². The van der Waals surface area contributed by atoms with Crippen molar-refractivity contribution in [3.05, 3.63) is 0 Å². The minimum atomic E-state index is 0.107. The number of carbonyl (C=O) groups excluding carboxylic acids is 1. The van der Waals surface area contributed by atoms with Gasteiger partial charge in [0.05, 0.1) is 0 Å². The van der Waals surface area contributed by atoms with Crippen LogP contribution in [0.5, 0.6) is 0 Å². The molecule has 2 N–H and O–H groups in total. The van der Waals surface area contributed by atoms with Crippen molar-refractivity contribution in [2.24, 2.45) is 17.6 Å². The highest BCUT2D eigenvalue weighted by molar-refractivity contribution is 5.78. The lowest BCUT2D eigenvalue weighted by atomic mass is 10.0. The van der Waals surface area contributed by atoms with Gasteiger partial charge < -0.3 is 10.6 Å². The fourth-order valence-electron chi connectivity index (χ4n) is 2.36. The first-order chi connectivity index (χ1) is 7.19. The van der Waals surface area contributed by atoms with E-state index in [2.05, 4.69) is 6.92 Å². The van der Waals surface area contributed by atoms with Gasteiger partial charge in [-0.25, -0.2) is 0 Å². The molecule has 15 heavy (non-hydrogen) atoms.